The van der Waals surface area contributed by atoms with Gasteiger partial charge in [-0.3, -0.25) is 4.90 Å². The molecule has 1 rings (SSSR count). The highest BCUT2D eigenvalue weighted by molar-refractivity contribution is 6.30. The maximum Gasteiger partial charge on any atom is 0.123 e. The van der Waals surface area contributed by atoms with Crippen molar-refractivity contribution in [2.45, 2.75) is 45.6 Å². The molecule has 0 aromatic heterocycles. The number of unbranched alkanes of at least 4 members (excludes halogenated alkanes) is 2. The Morgan fingerprint density at radius 2 is 1.81 bits per heavy atom. The second kappa shape index (κ2) is 10.0. The Kier molecular flexibility index (Phi) is 8.74. The van der Waals surface area contributed by atoms with E-state index in [0.717, 1.165) is 29.4 Å². The van der Waals surface area contributed by atoms with Crippen molar-refractivity contribution in [2.75, 3.05) is 26.7 Å². The van der Waals surface area contributed by atoms with Gasteiger partial charge in [0.05, 0.1) is 13.2 Å². The molecule has 3 nitrogen and oxygen atoms in total. The Bertz CT molecular complexity index is 404. The topological polar surface area (TPSA) is 38.5 Å². The molecule has 1 atom stereocenters. The highest BCUT2D eigenvalue weighted by Crippen LogP contribution is 2.31. The van der Waals surface area contributed by atoms with E-state index in [1.165, 1.54) is 25.7 Å². The number of benzene rings is 1. The average molecular weight is 313 g/mol. The van der Waals surface area contributed by atoms with Crippen LogP contribution in [0, 0.1) is 0 Å². The first-order valence-electron chi connectivity index (χ1n) is 7.95. The Hall–Kier alpha value is -0.770. The van der Waals surface area contributed by atoms with E-state index in [1.54, 1.807) is 7.11 Å². The minimum atomic E-state index is 0.164. The highest BCUT2D eigenvalue weighted by atomic mass is 35.5. The summed E-state index contributed by atoms with van der Waals surface area (Å²) in [6, 6.07) is 5.94. The van der Waals surface area contributed by atoms with E-state index < -0.39 is 0 Å². The van der Waals surface area contributed by atoms with Crippen molar-refractivity contribution in [3.05, 3.63) is 28.8 Å². The van der Waals surface area contributed by atoms with Crippen molar-refractivity contribution in [1.29, 1.82) is 0 Å². The van der Waals surface area contributed by atoms with E-state index in [-0.39, 0.29) is 6.04 Å². The van der Waals surface area contributed by atoms with Crippen LogP contribution in [0.2, 0.25) is 5.02 Å². The molecule has 0 aliphatic carbocycles. The molecule has 0 fully saturated rings. The van der Waals surface area contributed by atoms with Crippen LogP contribution in [0.4, 0.5) is 0 Å². The lowest BCUT2D eigenvalue weighted by Gasteiger charge is -2.32. The van der Waals surface area contributed by atoms with Gasteiger partial charge < -0.3 is 10.5 Å². The predicted octanol–water partition coefficient (Wildman–Crippen LogP) is 4.25. The van der Waals surface area contributed by atoms with Gasteiger partial charge in [-0.1, -0.05) is 38.3 Å². The van der Waals surface area contributed by atoms with Gasteiger partial charge in [0.15, 0.2) is 0 Å². The van der Waals surface area contributed by atoms with Crippen LogP contribution in [0.1, 0.15) is 51.1 Å². The molecule has 0 saturated carbocycles. The van der Waals surface area contributed by atoms with Gasteiger partial charge in [0.2, 0.25) is 0 Å². The van der Waals surface area contributed by atoms with Gasteiger partial charge in [-0.2, -0.15) is 0 Å². The van der Waals surface area contributed by atoms with Crippen molar-refractivity contribution in [3.63, 3.8) is 0 Å². The zero-order valence-corrected chi connectivity index (χ0v) is 14.3. The molecule has 0 saturated heterocycles. The standard InChI is InChI=1S/C17H29ClN2O/c1-4-6-10-20(11-7-5-2)16(13-19)15-12-14(18)8-9-17(15)21-3/h8-9,12,16H,4-7,10-11,13,19H2,1-3H3. The third kappa shape index (κ3) is 5.50. The SMILES string of the molecule is CCCCN(CCCC)C(CN)c1cc(Cl)ccc1OC. The highest BCUT2D eigenvalue weighted by Gasteiger charge is 2.22. The lowest BCUT2D eigenvalue weighted by atomic mass is 10.0. The maximum atomic E-state index is 6.17. The van der Waals surface area contributed by atoms with Gasteiger partial charge >= 0.3 is 0 Å². The molecule has 0 radical (unpaired) electrons. The molecule has 1 unspecified atom stereocenters. The molecule has 4 heteroatoms. The summed E-state index contributed by atoms with van der Waals surface area (Å²) in [7, 11) is 1.70. The quantitative estimate of drug-likeness (QED) is 0.702. The van der Waals surface area contributed by atoms with Crippen LogP contribution < -0.4 is 10.5 Å². The lowest BCUT2D eigenvalue weighted by molar-refractivity contribution is 0.192. The molecule has 120 valence electrons. The molecule has 0 spiro atoms. The third-order valence-electron chi connectivity index (χ3n) is 3.81. The van der Waals surface area contributed by atoms with Gasteiger partial charge in [0.1, 0.15) is 5.75 Å². The molecule has 0 amide bonds. The largest absolute Gasteiger partial charge is 0.496 e. The Labute approximate surface area is 134 Å². The molecule has 0 aliphatic rings. The number of hydrogen-bond donors (Lipinski definition) is 1. The minimum Gasteiger partial charge on any atom is -0.496 e. The summed E-state index contributed by atoms with van der Waals surface area (Å²) >= 11 is 6.17. The predicted molar refractivity (Wildman–Crippen MR) is 91.2 cm³/mol. The van der Waals surface area contributed by atoms with Crippen LogP contribution in [0.3, 0.4) is 0 Å². The Morgan fingerprint density at radius 1 is 1.19 bits per heavy atom. The summed E-state index contributed by atoms with van der Waals surface area (Å²) in [5.41, 5.74) is 7.18. The number of halogens is 1. The smallest absolute Gasteiger partial charge is 0.123 e. The van der Waals surface area contributed by atoms with Gasteiger partial charge in [0.25, 0.3) is 0 Å². The van der Waals surface area contributed by atoms with E-state index in [1.807, 2.05) is 18.2 Å². The van der Waals surface area contributed by atoms with Crippen LogP contribution in [0.25, 0.3) is 0 Å². The molecule has 0 bridgehead atoms. The first kappa shape index (κ1) is 18.3. The van der Waals surface area contributed by atoms with Gasteiger partial charge in [-0.05, 0) is 44.1 Å². The maximum absolute atomic E-state index is 6.17. The Morgan fingerprint density at radius 3 is 2.29 bits per heavy atom. The van der Waals surface area contributed by atoms with Crippen molar-refractivity contribution < 1.29 is 4.74 Å². The van der Waals surface area contributed by atoms with E-state index in [0.29, 0.717) is 6.54 Å². The molecular weight excluding hydrogens is 284 g/mol. The number of nitrogens with zero attached hydrogens (tertiary/aromatic N) is 1. The summed E-state index contributed by atoms with van der Waals surface area (Å²) in [6.45, 7) is 7.14. The fraction of sp³-hybridized carbons (Fsp3) is 0.647. The zero-order chi connectivity index (χ0) is 15.7. The Balaban J connectivity index is 3.02. The molecule has 1 aromatic rings. The molecular formula is C17H29ClN2O. The number of nitrogens with two attached hydrogens (primary N) is 1. The van der Waals surface area contributed by atoms with Crippen molar-refractivity contribution in [1.82, 2.24) is 4.90 Å². The normalized spacial score (nSPS) is 12.7. The summed E-state index contributed by atoms with van der Waals surface area (Å²) in [4.78, 5) is 2.47. The van der Waals surface area contributed by atoms with Gasteiger partial charge in [-0.25, -0.2) is 0 Å². The lowest BCUT2D eigenvalue weighted by Crippen LogP contribution is -2.35. The number of hydrogen-bond acceptors (Lipinski definition) is 3. The molecule has 21 heavy (non-hydrogen) atoms. The second-order valence-corrected chi connectivity index (χ2v) is 5.82. The van der Waals surface area contributed by atoms with Crippen molar-refractivity contribution in [3.8, 4) is 5.75 Å². The summed E-state index contributed by atoms with van der Waals surface area (Å²) in [6.07, 6.45) is 4.74. The van der Waals surface area contributed by atoms with E-state index in [9.17, 15) is 0 Å². The monoisotopic (exact) mass is 312 g/mol. The average Bonchev–Trinajstić information content (AvgIpc) is 2.50. The van der Waals surface area contributed by atoms with Gasteiger partial charge in [-0.15, -0.1) is 0 Å². The summed E-state index contributed by atoms with van der Waals surface area (Å²) < 4.78 is 5.50. The second-order valence-electron chi connectivity index (χ2n) is 5.38. The van der Waals surface area contributed by atoms with Gasteiger partial charge in [0, 0.05) is 17.1 Å². The molecule has 0 aliphatic heterocycles. The van der Waals surface area contributed by atoms with Crippen LogP contribution in [0.5, 0.6) is 5.75 Å². The van der Waals surface area contributed by atoms with Crippen molar-refractivity contribution >= 4 is 11.6 Å². The molecule has 0 heterocycles. The van der Waals surface area contributed by atoms with E-state index in [2.05, 4.69) is 18.7 Å². The van der Waals surface area contributed by atoms with Crippen LogP contribution in [-0.2, 0) is 0 Å². The van der Waals surface area contributed by atoms with Crippen LogP contribution in [-0.4, -0.2) is 31.6 Å². The fourth-order valence-electron chi connectivity index (χ4n) is 2.58. The number of ether oxygens (including phenoxy) is 1. The fourth-order valence-corrected chi connectivity index (χ4v) is 2.76. The molecule has 1 aromatic carbocycles. The van der Waals surface area contributed by atoms with Crippen molar-refractivity contribution in [2.24, 2.45) is 5.73 Å². The van der Waals surface area contributed by atoms with E-state index >= 15 is 0 Å². The first-order chi connectivity index (χ1) is 10.2. The summed E-state index contributed by atoms with van der Waals surface area (Å²) in [5, 5.41) is 0.732. The van der Waals surface area contributed by atoms with Crippen LogP contribution >= 0.6 is 11.6 Å². The van der Waals surface area contributed by atoms with Crippen LogP contribution in [0.15, 0.2) is 18.2 Å². The summed E-state index contributed by atoms with van der Waals surface area (Å²) in [5.74, 6) is 0.868. The third-order valence-corrected chi connectivity index (χ3v) is 4.05. The molecule has 2 N–H and O–H groups in total. The first-order valence-corrected chi connectivity index (χ1v) is 8.33. The zero-order valence-electron chi connectivity index (χ0n) is 13.6. The number of rotatable bonds is 10. The number of methoxy groups -OCH3 is 1. The van der Waals surface area contributed by atoms with E-state index in [4.69, 9.17) is 22.1 Å². The minimum absolute atomic E-state index is 0.164.